The van der Waals surface area contributed by atoms with Gasteiger partial charge in [-0.3, -0.25) is 10.1 Å². The molecule has 29 heavy (non-hydrogen) atoms. The molecular weight excluding hydrogens is 404 g/mol. The second-order valence-corrected chi connectivity index (χ2v) is 8.36. The van der Waals surface area contributed by atoms with Gasteiger partial charge in [0.2, 0.25) is 0 Å². The number of carbonyl (C=O) groups is 1. The lowest BCUT2D eigenvalue weighted by molar-refractivity contribution is 0.103. The highest BCUT2D eigenvalue weighted by Crippen LogP contribution is 2.42. The maximum absolute atomic E-state index is 12.8. The van der Waals surface area contributed by atoms with Crippen molar-refractivity contribution >= 4 is 55.4 Å². The Labute approximate surface area is 174 Å². The fraction of sp³-hybridized carbons (Fsp3) is 0.100. The first-order valence-electron chi connectivity index (χ1n) is 8.61. The molecule has 0 saturated heterocycles. The third-order valence-electron chi connectivity index (χ3n) is 4.40. The molecule has 1 aromatic carbocycles. The van der Waals surface area contributed by atoms with Gasteiger partial charge in [-0.15, -0.1) is 22.7 Å². The zero-order valence-corrected chi connectivity index (χ0v) is 17.2. The van der Waals surface area contributed by atoms with Gasteiger partial charge in [0.05, 0.1) is 11.4 Å². The van der Waals surface area contributed by atoms with Crippen LogP contribution in [0.15, 0.2) is 29.6 Å². The van der Waals surface area contributed by atoms with E-state index in [4.69, 9.17) is 11.5 Å². The van der Waals surface area contributed by atoms with E-state index < -0.39 is 0 Å². The number of thiazole rings is 1. The van der Waals surface area contributed by atoms with Crippen molar-refractivity contribution in [1.82, 2.24) is 9.97 Å². The van der Waals surface area contributed by atoms with Gasteiger partial charge in [0, 0.05) is 16.3 Å². The van der Waals surface area contributed by atoms with Crippen LogP contribution in [-0.4, -0.2) is 15.9 Å². The summed E-state index contributed by atoms with van der Waals surface area (Å²) in [6, 6.07) is 9.82. The number of nitrogens with one attached hydrogen (secondary N) is 1. The Bertz CT molecular complexity index is 1300. The van der Waals surface area contributed by atoms with Gasteiger partial charge in [-0.25, -0.2) is 9.97 Å². The van der Waals surface area contributed by atoms with Crippen molar-refractivity contribution in [2.75, 3.05) is 16.8 Å². The summed E-state index contributed by atoms with van der Waals surface area (Å²) in [4.78, 5) is 22.2. The van der Waals surface area contributed by atoms with E-state index in [2.05, 4.69) is 21.4 Å². The fourth-order valence-electron chi connectivity index (χ4n) is 3.03. The minimum atomic E-state index is -0.369. The van der Waals surface area contributed by atoms with Crippen molar-refractivity contribution in [3.8, 4) is 17.2 Å². The predicted molar refractivity (Wildman–Crippen MR) is 118 cm³/mol. The standard InChI is InChI=1S/C20H16N6OS2/c1-9-3-5-11(6-4-9)13-12(7-21)17(23)25-19-14(13)15(22)16(29-19)18(27)26-20-24-10(2)8-28-20/h3-6,8H,22H2,1-2H3,(H2,23,25)(H,24,26,27). The summed E-state index contributed by atoms with van der Waals surface area (Å²) in [5.41, 5.74) is 16.2. The molecule has 0 bridgehead atoms. The number of fused-ring (bicyclic) bond motifs is 1. The van der Waals surface area contributed by atoms with Gasteiger partial charge in [0.1, 0.15) is 27.2 Å². The Hall–Kier alpha value is -3.48. The Morgan fingerprint density at radius 2 is 1.90 bits per heavy atom. The van der Waals surface area contributed by atoms with Crippen LogP contribution in [0.2, 0.25) is 0 Å². The van der Waals surface area contributed by atoms with Crippen LogP contribution >= 0.6 is 22.7 Å². The molecule has 0 atom stereocenters. The average Bonchev–Trinajstić information content (AvgIpc) is 3.24. The van der Waals surface area contributed by atoms with Gasteiger partial charge in [0.15, 0.2) is 5.13 Å². The molecule has 144 valence electrons. The number of hydrogen-bond acceptors (Lipinski definition) is 8. The second kappa shape index (κ2) is 7.16. The third kappa shape index (κ3) is 3.29. The number of carbonyl (C=O) groups excluding carboxylic acids is 1. The molecule has 0 radical (unpaired) electrons. The van der Waals surface area contributed by atoms with Gasteiger partial charge in [-0.1, -0.05) is 29.8 Å². The number of hydrogen-bond donors (Lipinski definition) is 3. The number of nitrogen functional groups attached to an aromatic ring is 2. The molecule has 0 fully saturated rings. The van der Waals surface area contributed by atoms with Crippen molar-refractivity contribution in [3.63, 3.8) is 0 Å². The van der Waals surface area contributed by atoms with Crippen molar-refractivity contribution in [2.45, 2.75) is 13.8 Å². The van der Waals surface area contributed by atoms with Crippen LogP contribution in [0.25, 0.3) is 21.3 Å². The quantitative estimate of drug-likeness (QED) is 0.452. The molecule has 0 spiro atoms. The number of benzene rings is 1. The number of nitriles is 1. The van der Waals surface area contributed by atoms with Crippen LogP contribution in [0.5, 0.6) is 0 Å². The van der Waals surface area contributed by atoms with E-state index in [0.717, 1.165) is 28.2 Å². The van der Waals surface area contributed by atoms with Gasteiger partial charge in [0.25, 0.3) is 5.91 Å². The van der Waals surface area contributed by atoms with E-state index in [1.165, 1.54) is 11.3 Å². The van der Waals surface area contributed by atoms with Crippen LogP contribution in [0.1, 0.15) is 26.5 Å². The minimum Gasteiger partial charge on any atom is -0.397 e. The first kappa shape index (κ1) is 18.9. The van der Waals surface area contributed by atoms with E-state index in [1.54, 1.807) is 0 Å². The second-order valence-electron chi connectivity index (χ2n) is 6.50. The number of aromatic nitrogens is 2. The summed E-state index contributed by atoms with van der Waals surface area (Å²) in [6.07, 6.45) is 0. The summed E-state index contributed by atoms with van der Waals surface area (Å²) in [6.45, 7) is 3.83. The maximum Gasteiger partial charge on any atom is 0.269 e. The first-order valence-corrected chi connectivity index (χ1v) is 10.3. The van der Waals surface area contributed by atoms with Crippen molar-refractivity contribution < 1.29 is 4.79 Å². The molecule has 9 heteroatoms. The summed E-state index contributed by atoms with van der Waals surface area (Å²) >= 11 is 2.48. The van der Waals surface area contributed by atoms with Crippen molar-refractivity contribution in [3.05, 3.63) is 51.3 Å². The normalized spacial score (nSPS) is 10.8. The Morgan fingerprint density at radius 3 is 2.52 bits per heavy atom. The van der Waals surface area contributed by atoms with Crippen molar-refractivity contribution in [2.24, 2.45) is 0 Å². The molecule has 4 aromatic rings. The lowest BCUT2D eigenvalue weighted by Crippen LogP contribution is -2.11. The molecule has 5 N–H and O–H groups in total. The van der Waals surface area contributed by atoms with Gasteiger partial charge in [-0.2, -0.15) is 5.26 Å². The number of anilines is 3. The molecule has 0 unspecified atom stereocenters. The first-order chi connectivity index (χ1) is 13.9. The summed E-state index contributed by atoms with van der Waals surface area (Å²) < 4.78 is 0. The highest BCUT2D eigenvalue weighted by atomic mass is 32.1. The smallest absolute Gasteiger partial charge is 0.269 e. The molecule has 7 nitrogen and oxygen atoms in total. The highest BCUT2D eigenvalue weighted by molar-refractivity contribution is 7.21. The largest absolute Gasteiger partial charge is 0.397 e. The van der Waals surface area contributed by atoms with Gasteiger partial charge in [-0.05, 0) is 19.4 Å². The highest BCUT2D eigenvalue weighted by Gasteiger charge is 2.24. The van der Waals surface area contributed by atoms with E-state index in [1.807, 2.05) is 43.5 Å². The molecular formula is C20H16N6OS2. The zero-order valence-electron chi connectivity index (χ0n) is 15.6. The molecule has 3 aromatic heterocycles. The predicted octanol–water partition coefficient (Wildman–Crippen LogP) is 4.33. The monoisotopic (exact) mass is 420 g/mol. The van der Waals surface area contributed by atoms with Gasteiger partial charge < -0.3 is 11.5 Å². The SMILES string of the molecule is Cc1ccc(-c2c(C#N)c(N)nc3sc(C(=O)Nc4nc(C)cs4)c(N)c23)cc1. The average molecular weight is 421 g/mol. The minimum absolute atomic E-state index is 0.110. The Balaban J connectivity index is 1.91. The number of nitrogens with zero attached hydrogens (tertiary/aromatic N) is 3. The van der Waals surface area contributed by atoms with E-state index >= 15 is 0 Å². The topological polar surface area (TPSA) is 131 Å². The summed E-state index contributed by atoms with van der Waals surface area (Å²) in [5, 5.41) is 15.4. The lowest BCUT2D eigenvalue weighted by Gasteiger charge is -2.10. The molecule has 0 saturated carbocycles. The van der Waals surface area contributed by atoms with E-state index in [-0.39, 0.29) is 23.0 Å². The molecule has 1 amide bonds. The lowest BCUT2D eigenvalue weighted by atomic mass is 9.96. The molecule has 0 aliphatic carbocycles. The van der Waals surface area contributed by atoms with Crippen LogP contribution in [0.4, 0.5) is 16.6 Å². The number of amides is 1. The van der Waals surface area contributed by atoms with Crippen LogP contribution in [0.3, 0.4) is 0 Å². The summed E-state index contributed by atoms with van der Waals surface area (Å²) in [5.74, 6) is -0.258. The number of thiophene rings is 1. The molecule has 0 aliphatic heterocycles. The van der Waals surface area contributed by atoms with Gasteiger partial charge >= 0.3 is 0 Å². The van der Waals surface area contributed by atoms with Crippen molar-refractivity contribution in [1.29, 1.82) is 5.26 Å². The Kier molecular flexibility index (Phi) is 4.66. The van der Waals surface area contributed by atoms with Crippen LogP contribution in [0, 0.1) is 25.2 Å². The third-order valence-corrected chi connectivity index (χ3v) is 6.38. The molecule has 4 rings (SSSR count). The van der Waals surface area contributed by atoms with E-state index in [0.29, 0.717) is 25.8 Å². The number of nitrogens with two attached hydrogens (primary N) is 2. The maximum atomic E-state index is 12.8. The van der Waals surface area contributed by atoms with Crippen LogP contribution < -0.4 is 16.8 Å². The van der Waals surface area contributed by atoms with Crippen LogP contribution in [-0.2, 0) is 0 Å². The number of pyridine rings is 1. The summed E-state index contributed by atoms with van der Waals surface area (Å²) in [7, 11) is 0. The molecule has 3 heterocycles. The van der Waals surface area contributed by atoms with E-state index in [9.17, 15) is 10.1 Å². The number of aryl methyl sites for hydroxylation is 2. The number of rotatable bonds is 3. The fourth-order valence-corrected chi connectivity index (χ4v) is 4.72. The zero-order chi connectivity index (χ0) is 20.7. The Morgan fingerprint density at radius 1 is 1.17 bits per heavy atom. The molecule has 0 aliphatic rings.